The van der Waals surface area contributed by atoms with Gasteiger partial charge in [0.05, 0.1) is 6.04 Å². The van der Waals surface area contributed by atoms with Crippen LogP contribution in [0, 0.1) is 11.7 Å². The van der Waals surface area contributed by atoms with E-state index in [0.717, 1.165) is 12.0 Å². The van der Waals surface area contributed by atoms with Crippen molar-refractivity contribution in [2.75, 3.05) is 5.73 Å². The molecule has 0 saturated heterocycles. The van der Waals surface area contributed by atoms with Crippen LogP contribution in [0.4, 0.5) is 10.1 Å². The number of rotatable bonds is 4. The van der Waals surface area contributed by atoms with Crippen LogP contribution < -0.4 is 17.0 Å². The minimum absolute atomic E-state index is 0.106. The van der Waals surface area contributed by atoms with Gasteiger partial charge in [-0.3, -0.25) is 11.3 Å². The van der Waals surface area contributed by atoms with E-state index in [4.69, 9.17) is 11.6 Å². The van der Waals surface area contributed by atoms with Gasteiger partial charge < -0.3 is 5.73 Å². The second-order valence-corrected chi connectivity index (χ2v) is 3.80. The molecule has 1 rings (SSSR count). The summed E-state index contributed by atoms with van der Waals surface area (Å²) in [6.45, 7) is 4.11. The quantitative estimate of drug-likeness (QED) is 0.405. The highest BCUT2D eigenvalue weighted by atomic mass is 19.1. The molecule has 0 saturated carbocycles. The Morgan fingerprint density at radius 1 is 1.47 bits per heavy atom. The van der Waals surface area contributed by atoms with E-state index in [0.29, 0.717) is 11.6 Å². The monoisotopic (exact) mass is 211 g/mol. The molecule has 0 bridgehead atoms. The third-order valence-corrected chi connectivity index (χ3v) is 2.78. The molecule has 15 heavy (non-hydrogen) atoms. The number of hydrogen-bond acceptors (Lipinski definition) is 3. The highest BCUT2D eigenvalue weighted by Crippen LogP contribution is 2.28. The van der Waals surface area contributed by atoms with Crippen LogP contribution in [0.15, 0.2) is 18.2 Å². The highest BCUT2D eigenvalue weighted by Gasteiger charge is 2.19. The summed E-state index contributed by atoms with van der Waals surface area (Å²) >= 11 is 0. The zero-order valence-electron chi connectivity index (χ0n) is 9.13. The lowest BCUT2D eigenvalue weighted by atomic mass is 9.92. The van der Waals surface area contributed by atoms with Crippen molar-refractivity contribution in [2.24, 2.45) is 11.8 Å². The number of benzene rings is 1. The molecule has 5 N–H and O–H groups in total. The normalized spacial score (nSPS) is 14.9. The Balaban J connectivity index is 3.05. The predicted molar refractivity (Wildman–Crippen MR) is 60.3 cm³/mol. The van der Waals surface area contributed by atoms with Crippen LogP contribution in [0.3, 0.4) is 0 Å². The van der Waals surface area contributed by atoms with Crippen molar-refractivity contribution in [3.63, 3.8) is 0 Å². The van der Waals surface area contributed by atoms with E-state index in [1.54, 1.807) is 6.07 Å². The molecule has 84 valence electrons. The first-order valence-corrected chi connectivity index (χ1v) is 5.11. The van der Waals surface area contributed by atoms with Crippen molar-refractivity contribution in [3.05, 3.63) is 29.6 Å². The van der Waals surface area contributed by atoms with Crippen molar-refractivity contribution in [3.8, 4) is 0 Å². The standard InChI is InChI=1S/C11H18FN3/c1-3-7(2)11(15-14)9-6-8(12)4-5-10(9)13/h4-7,11,15H,3,13-14H2,1-2H3. The van der Waals surface area contributed by atoms with Gasteiger partial charge in [-0.15, -0.1) is 0 Å². The summed E-state index contributed by atoms with van der Waals surface area (Å²) in [5, 5.41) is 0. The average Bonchev–Trinajstić information content (AvgIpc) is 2.23. The fourth-order valence-corrected chi connectivity index (χ4v) is 1.61. The molecule has 0 amide bonds. The lowest BCUT2D eigenvalue weighted by molar-refractivity contribution is 0.382. The van der Waals surface area contributed by atoms with Crippen LogP contribution >= 0.6 is 0 Å². The minimum atomic E-state index is -0.289. The Labute approximate surface area is 89.6 Å². The molecule has 0 aliphatic heterocycles. The fourth-order valence-electron chi connectivity index (χ4n) is 1.61. The molecule has 0 aliphatic carbocycles. The Kier molecular flexibility index (Phi) is 4.05. The summed E-state index contributed by atoms with van der Waals surface area (Å²) in [5.41, 5.74) is 9.78. The van der Waals surface area contributed by atoms with Gasteiger partial charge in [-0.25, -0.2) is 4.39 Å². The van der Waals surface area contributed by atoms with Gasteiger partial charge in [-0.05, 0) is 29.7 Å². The van der Waals surface area contributed by atoms with Crippen LogP contribution in [0.5, 0.6) is 0 Å². The molecule has 0 aromatic heterocycles. The van der Waals surface area contributed by atoms with Gasteiger partial charge >= 0.3 is 0 Å². The Bertz CT molecular complexity index is 328. The summed E-state index contributed by atoms with van der Waals surface area (Å²) in [7, 11) is 0. The number of halogens is 1. The van der Waals surface area contributed by atoms with Gasteiger partial charge in [0, 0.05) is 5.69 Å². The number of nitrogen functional groups attached to an aromatic ring is 1. The van der Waals surface area contributed by atoms with Gasteiger partial charge in [-0.2, -0.15) is 0 Å². The molecule has 0 radical (unpaired) electrons. The molecule has 2 unspecified atom stereocenters. The van der Waals surface area contributed by atoms with Crippen LogP contribution in [0.1, 0.15) is 31.9 Å². The van der Waals surface area contributed by atoms with Crippen molar-refractivity contribution in [2.45, 2.75) is 26.3 Å². The first-order chi connectivity index (χ1) is 7.10. The summed E-state index contributed by atoms with van der Waals surface area (Å²) in [6, 6.07) is 4.25. The lowest BCUT2D eigenvalue weighted by Crippen LogP contribution is -2.33. The van der Waals surface area contributed by atoms with E-state index < -0.39 is 0 Å². The van der Waals surface area contributed by atoms with Crippen LogP contribution in [0.2, 0.25) is 0 Å². The van der Waals surface area contributed by atoms with Crippen LogP contribution in [-0.4, -0.2) is 0 Å². The molecule has 0 spiro atoms. The summed E-state index contributed by atoms with van der Waals surface area (Å²) in [6.07, 6.45) is 0.949. The summed E-state index contributed by atoms with van der Waals surface area (Å²) in [5.74, 6) is 5.49. The third kappa shape index (κ3) is 2.67. The summed E-state index contributed by atoms with van der Waals surface area (Å²) in [4.78, 5) is 0. The second kappa shape index (κ2) is 5.09. The zero-order valence-corrected chi connectivity index (χ0v) is 9.13. The number of nitrogens with one attached hydrogen (secondary N) is 1. The molecule has 1 aromatic rings. The van der Waals surface area contributed by atoms with E-state index in [9.17, 15) is 4.39 Å². The Morgan fingerprint density at radius 3 is 2.67 bits per heavy atom. The minimum Gasteiger partial charge on any atom is -0.398 e. The molecular formula is C11H18FN3. The van der Waals surface area contributed by atoms with E-state index in [1.165, 1.54) is 12.1 Å². The largest absolute Gasteiger partial charge is 0.398 e. The van der Waals surface area contributed by atoms with E-state index in [1.807, 2.05) is 0 Å². The number of nitrogens with two attached hydrogens (primary N) is 2. The maximum Gasteiger partial charge on any atom is 0.123 e. The molecule has 0 fully saturated rings. The Hall–Kier alpha value is -1.13. The highest BCUT2D eigenvalue weighted by molar-refractivity contribution is 5.48. The topological polar surface area (TPSA) is 64.1 Å². The van der Waals surface area contributed by atoms with Gasteiger partial charge in [0.1, 0.15) is 5.82 Å². The maximum atomic E-state index is 13.1. The second-order valence-electron chi connectivity index (χ2n) is 3.80. The Morgan fingerprint density at radius 2 is 2.13 bits per heavy atom. The third-order valence-electron chi connectivity index (χ3n) is 2.78. The smallest absolute Gasteiger partial charge is 0.123 e. The van der Waals surface area contributed by atoms with E-state index in [-0.39, 0.29) is 11.9 Å². The molecule has 3 nitrogen and oxygen atoms in total. The van der Waals surface area contributed by atoms with Crippen LogP contribution in [0.25, 0.3) is 0 Å². The molecule has 1 aromatic carbocycles. The SMILES string of the molecule is CCC(C)C(NN)c1cc(F)ccc1N. The maximum absolute atomic E-state index is 13.1. The first kappa shape index (κ1) is 11.9. The van der Waals surface area contributed by atoms with Crippen molar-refractivity contribution in [1.82, 2.24) is 5.43 Å². The van der Waals surface area contributed by atoms with Crippen LogP contribution in [-0.2, 0) is 0 Å². The van der Waals surface area contributed by atoms with E-state index in [2.05, 4.69) is 19.3 Å². The zero-order chi connectivity index (χ0) is 11.4. The number of anilines is 1. The van der Waals surface area contributed by atoms with E-state index >= 15 is 0 Å². The van der Waals surface area contributed by atoms with Gasteiger partial charge in [0.15, 0.2) is 0 Å². The van der Waals surface area contributed by atoms with Gasteiger partial charge in [-0.1, -0.05) is 20.3 Å². The van der Waals surface area contributed by atoms with Crippen molar-refractivity contribution >= 4 is 5.69 Å². The first-order valence-electron chi connectivity index (χ1n) is 5.11. The fraction of sp³-hybridized carbons (Fsp3) is 0.455. The molecule has 0 aliphatic rings. The average molecular weight is 211 g/mol. The molecule has 4 heteroatoms. The number of hydrogen-bond donors (Lipinski definition) is 3. The lowest BCUT2D eigenvalue weighted by Gasteiger charge is -2.23. The molecular weight excluding hydrogens is 193 g/mol. The molecule has 2 atom stereocenters. The van der Waals surface area contributed by atoms with Gasteiger partial charge in [0.25, 0.3) is 0 Å². The van der Waals surface area contributed by atoms with Gasteiger partial charge in [0.2, 0.25) is 0 Å². The number of hydrazine groups is 1. The molecule has 0 heterocycles. The van der Waals surface area contributed by atoms with Crippen molar-refractivity contribution in [1.29, 1.82) is 0 Å². The predicted octanol–water partition coefficient (Wildman–Crippen LogP) is 1.96. The van der Waals surface area contributed by atoms with Crippen molar-refractivity contribution < 1.29 is 4.39 Å². The summed E-state index contributed by atoms with van der Waals surface area (Å²) < 4.78 is 13.1.